The van der Waals surface area contributed by atoms with E-state index in [1.165, 1.54) is 37.9 Å². The van der Waals surface area contributed by atoms with Gasteiger partial charge in [0.25, 0.3) is 0 Å². The molecular weight excluding hydrogens is 248 g/mol. The molecule has 2 aliphatic rings. The van der Waals surface area contributed by atoms with Gasteiger partial charge in [-0.3, -0.25) is 4.98 Å². The molecule has 0 radical (unpaired) electrons. The van der Waals surface area contributed by atoms with Gasteiger partial charge in [-0.15, -0.1) is 0 Å². The second-order valence-electron chi connectivity index (χ2n) is 5.92. The molecule has 2 aromatic rings. The minimum Gasteiger partial charge on any atom is -0.370 e. The van der Waals surface area contributed by atoms with E-state index < -0.39 is 0 Å². The van der Waals surface area contributed by atoms with E-state index in [1.54, 1.807) is 0 Å². The van der Waals surface area contributed by atoms with Crippen LogP contribution in [0.15, 0.2) is 30.6 Å². The van der Waals surface area contributed by atoms with Crippen molar-refractivity contribution in [3.8, 4) is 11.3 Å². The van der Waals surface area contributed by atoms with E-state index in [1.807, 2.05) is 24.5 Å². The Hall–Kier alpha value is -1.84. The fourth-order valence-electron chi connectivity index (χ4n) is 3.69. The highest BCUT2D eigenvalue weighted by molar-refractivity contribution is 5.62. The highest BCUT2D eigenvalue weighted by Crippen LogP contribution is 2.40. The summed E-state index contributed by atoms with van der Waals surface area (Å²) in [5, 5.41) is 8.36. The van der Waals surface area contributed by atoms with Crippen LogP contribution in [0.5, 0.6) is 0 Å². The molecule has 0 aromatic carbocycles. The third kappa shape index (κ3) is 1.99. The van der Waals surface area contributed by atoms with Crippen molar-refractivity contribution in [3.05, 3.63) is 30.6 Å². The highest BCUT2D eigenvalue weighted by atomic mass is 15.4. The molecule has 1 aliphatic carbocycles. The molecule has 0 amide bonds. The zero-order chi connectivity index (χ0) is 13.4. The van der Waals surface area contributed by atoms with Gasteiger partial charge in [-0.05, 0) is 37.3 Å². The van der Waals surface area contributed by atoms with Gasteiger partial charge >= 0.3 is 0 Å². The average molecular weight is 268 g/mol. The van der Waals surface area contributed by atoms with Crippen molar-refractivity contribution >= 4 is 5.82 Å². The molecule has 1 unspecified atom stereocenters. The van der Waals surface area contributed by atoms with Gasteiger partial charge in [-0.1, -0.05) is 12.8 Å². The maximum absolute atomic E-state index is 4.87. The van der Waals surface area contributed by atoms with E-state index in [0.717, 1.165) is 23.7 Å². The minimum absolute atomic E-state index is 0.587. The molecular formula is C16H20N4. The number of pyridine rings is 1. The summed E-state index contributed by atoms with van der Waals surface area (Å²) < 4.78 is 2.25. The summed E-state index contributed by atoms with van der Waals surface area (Å²) in [7, 11) is 0. The van der Waals surface area contributed by atoms with E-state index in [9.17, 15) is 0 Å². The maximum atomic E-state index is 4.87. The fourth-order valence-corrected chi connectivity index (χ4v) is 3.69. The van der Waals surface area contributed by atoms with Crippen molar-refractivity contribution < 1.29 is 0 Å². The number of nitrogens with one attached hydrogen (secondary N) is 1. The van der Waals surface area contributed by atoms with Crippen molar-refractivity contribution in [1.29, 1.82) is 0 Å². The van der Waals surface area contributed by atoms with Crippen LogP contribution in [0.25, 0.3) is 11.3 Å². The second kappa shape index (κ2) is 4.93. The van der Waals surface area contributed by atoms with Crippen LogP contribution in [-0.2, 0) is 0 Å². The normalized spacial score (nSPS) is 22.5. The lowest BCUT2D eigenvalue weighted by atomic mass is 9.94. The Morgan fingerprint density at radius 2 is 1.90 bits per heavy atom. The second-order valence-corrected chi connectivity index (χ2v) is 5.92. The predicted molar refractivity (Wildman–Crippen MR) is 79.6 cm³/mol. The molecule has 4 nitrogen and oxygen atoms in total. The van der Waals surface area contributed by atoms with Crippen molar-refractivity contribution in [2.45, 2.75) is 38.1 Å². The number of aromatic nitrogens is 3. The molecule has 1 N–H and O–H groups in total. The lowest BCUT2D eigenvalue weighted by Crippen LogP contribution is -2.28. The maximum Gasteiger partial charge on any atom is 0.125 e. The van der Waals surface area contributed by atoms with Crippen LogP contribution in [0, 0.1) is 5.92 Å². The van der Waals surface area contributed by atoms with E-state index >= 15 is 0 Å². The monoisotopic (exact) mass is 268 g/mol. The largest absolute Gasteiger partial charge is 0.370 e. The smallest absolute Gasteiger partial charge is 0.125 e. The Kier molecular flexibility index (Phi) is 2.94. The Morgan fingerprint density at radius 3 is 2.70 bits per heavy atom. The predicted octanol–water partition coefficient (Wildman–Crippen LogP) is 3.49. The first-order valence-electron chi connectivity index (χ1n) is 7.65. The summed E-state index contributed by atoms with van der Waals surface area (Å²) in [5.41, 5.74) is 2.20. The summed E-state index contributed by atoms with van der Waals surface area (Å²) in [6, 6.07) is 6.82. The van der Waals surface area contributed by atoms with Crippen LogP contribution in [0.1, 0.15) is 38.1 Å². The number of fused-ring (bicyclic) bond motifs is 1. The molecule has 1 atom stereocenters. The number of anilines is 1. The number of rotatable bonds is 2. The molecule has 4 heteroatoms. The first-order chi connectivity index (χ1) is 9.92. The molecule has 1 saturated carbocycles. The fraction of sp³-hybridized carbons (Fsp3) is 0.500. The summed E-state index contributed by atoms with van der Waals surface area (Å²) in [5.74, 6) is 2.00. The first-order valence-corrected chi connectivity index (χ1v) is 7.65. The third-order valence-electron chi connectivity index (χ3n) is 4.72. The Bertz CT molecular complexity index is 584. The van der Waals surface area contributed by atoms with Crippen molar-refractivity contribution in [1.82, 2.24) is 14.8 Å². The molecule has 1 aliphatic heterocycles. The molecule has 4 rings (SSSR count). The summed E-state index contributed by atoms with van der Waals surface area (Å²) in [4.78, 5) is 4.08. The lowest BCUT2D eigenvalue weighted by molar-refractivity contribution is 0.290. The minimum atomic E-state index is 0.587. The molecule has 1 fully saturated rings. The molecule has 104 valence electrons. The van der Waals surface area contributed by atoms with Crippen LogP contribution in [0.2, 0.25) is 0 Å². The van der Waals surface area contributed by atoms with Crippen LogP contribution in [0.4, 0.5) is 5.82 Å². The van der Waals surface area contributed by atoms with Crippen LogP contribution in [0.3, 0.4) is 0 Å². The molecule has 0 bridgehead atoms. The molecule has 3 heterocycles. The molecule has 2 aromatic heterocycles. The zero-order valence-corrected chi connectivity index (χ0v) is 11.6. The van der Waals surface area contributed by atoms with Gasteiger partial charge in [0.1, 0.15) is 5.82 Å². The van der Waals surface area contributed by atoms with E-state index in [2.05, 4.69) is 21.0 Å². The van der Waals surface area contributed by atoms with Crippen LogP contribution < -0.4 is 5.32 Å². The van der Waals surface area contributed by atoms with Gasteiger partial charge in [0.2, 0.25) is 0 Å². The SMILES string of the molecule is c1cc(-c2cc3n(n2)C(C2CCCC2)CCN3)ccn1. The van der Waals surface area contributed by atoms with Crippen LogP contribution >= 0.6 is 0 Å². The van der Waals surface area contributed by atoms with Crippen LogP contribution in [-0.4, -0.2) is 21.3 Å². The topological polar surface area (TPSA) is 42.7 Å². The Morgan fingerprint density at radius 1 is 1.10 bits per heavy atom. The molecule has 0 spiro atoms. The van der Waals surface area contributed by atoms with Gasteiger partial charge in [0.15, 0.2) is 0 Å². The summed E-state index contributed by atoms with van der Waals surface area (Å²) >= 11 is 0. The van der Waals surface area contributed by atoms with E-state index in [-0.39, 0.29) is 0 Å². The Balaban J connectivity index is 1.70. The molecule has 0 saturated heterocycles. The van der Waals surface area contributed by atoms with Crippen molar-refractivity contribution in [3.63, 3.8) is 0 Å². The number of hydrogen-bond acceptors (Lipinski definition) is 3. The van der Waals surface area contributed by atoms with Gasteiger partial charge in [-0.2, -0.15) is 5.10 Å². The number of hydrogen-bond donors (Lipinski definition) is 1. The van der Waals surface area contributed by atoms with Gasteiger partial charge in [-0.25, -0.2) is 4.68 Å². The lowest BCUT2D eigenvalue weighted by Gasteiger charge is -2.30. The number of nitrogens with zero attached hydrogens (tertiary/aromatic N) is 3. The van der Waals surface area contributed by atoms with E-state index in [4.69, 9.17) is 5.10 Å². The quantitative estimate of drug-likeness (QED) is 0.906. The highest BCUT2D eigenvalue weighted by Gasteiger charge is 2.30. The van der Waals surface area contributed by atoms with Crippen molar-refractivity contribution in [2.24, 2.45) is 5.92 Å². The molecule has 20 heavy (non-hydrogen) atoms. The van der Waals surface area contributed by atoms with Crippen molar-refractivity contribution in [2.75, 3.05) is 11.9 Å². The first kappa shape index (κ1) is 11.9. The third-order valence-corrected chi connectivity index (χ3v) is 4.72. The van der Waals surface area contributed by atoms with Gasteiger partial charge in [0, 0.05) is 30.6 Å². The Labute approximate surface area is 119 Å². The van der Waals surface area contributed by atoms with Gasteiger partial charge < -0.3 is 5.32 Å². The van der Waals surface area contributed by atoms with E-state index in [0.29, 0.717) is 6.04 Å². The zero-order valence-electron chi connectivity index (χ0n) is 11.6. The average Bonchev–Trinajstić information content (AvgIpc) is 3.17. The summed E-state index contributed by atoms with van der Waals surface area (Å²) in [6.45, 7) is 1.07. The standard InChI is InChI=1S/C16H20N4/c1-2-4-13(3-1)15-7-10-18-16-11-14(19-20(15)16)12-5-8-17-9-6-12/h5-6,8-9,11,13,15,18H,1-4,7,10H2. The summed E-state index contributed by atoms with van der Waals surface area (Å²) in [6.07, 6.45) is 10.4. The van der Waals surface area contributed by atoms with Gasteiger partial charge in [0.05, 0.1) is 11.7 Å².